The maximum atomic E-state index is 11.3. The number of Topliss-reactive ketones (excluding diaryl/α,β-unsaturated/α-hetero) is 2. The minimum Gasteiger partial charge on any atom is -0.311 e. The van der Waals surface area contributed by atoms with Crippen LogP contribution < -0.4 is 10.6 Å². The number of carbonyl (C=O) groups is 2. The molecule has 1 rings (SSSR count). The van der Waals surface area contributed by atoms with Crippen molar-refractivity contribution in [1.82, 2.24) is 25.6 Å². The van der Waals surface area contributed by atoms with Crippen LogP contribution in [0.5, 0.6) is 0 Å². The minimum absolute atomic E-state index is 0.0661. The van der Waals surface area contributed by atoms with E-state index in [-0.39, 0.29) is 23.7 Å². The van der Waals surface area contributed by atoms with Gasteiger partial charge in [0.2, 0.25) is 0 Å². The number of carbonyl (C=O) groups excluding carboxylic acids is 2. The molecule has 0 amide bonds. The van der Waals surface area contributed by atoms with Crippen LogP contribution in [0.1, 0.15) is 26.0 Å². The first-order valence-electron chi connectivity index (χ1n) is 6.72. The van der Waals surface area contributed by atoms with E-state index in [4.69, 9.17) is 0 Å². The van der Waals surface area contributed by atoms with Gasteiger partial charge in [0, 0.05) is 6.20 Å². The molecule has 20 heavy (non-hydrogen) atoms. The molecule has 7 heteroatoms. The lowest BCUT2D eigenvalue weighted by molar-refractivity contribution is -0.119. The van der Waals surface area contributed by atoms with Crippen molar-refractivity contribution in [3.8, 4) is 0 Å². The molecule has 0 aliphatic rings. The monoisotopic (exact) mass is 281 g/mol. The average Bonchev–Trinajstić information content (AvgIpc) is 2.83. The molecule has 1 heterocycles. The summed E-state index contributed by atoms with van der Waals surface area (Å²) in [5.74, 6) is 0.183. The van der Waals surface area contributed by atoms with Gasteiger partial charge in [-0.25, -0.2) is 0 Å². The largest absolute Gasteiger partial charge is 0.311 e. The zero-order chi connectivity index (χ0) is 15.1. The van der Waals surface area contributed by atoms with Gasteiger partial charge in [-0.1, -0.05) is 5.21 Å². The third-order valence-electron chi connectivity index (χ3n) is 3.32. The summed E-state index contributed by atoms with van der Waals surface area (Å²) in [5.41, 5.74) is 0.824. The molecular formula is C13H23N5O2. The second-order valence-corrected chi connectivity index (χ2v) is 4.87. The maximum Gasteiger partial charge on any atom is 0.148 e. The molecule has 0 aromatic carbocycles. The van der Waals surface area contributed by atoms with E-state index in [2.05, 4.69) is 20.9 Å². The van der Waals surface area contributed by atoms with E-state index in [0.29, 0.717) is 19.4 Å². The van der Waals surface area contributed by atoms with E-state index in [9.17, 15) is 9.59 Å². The highest BCUT2D eigenvalue weighted by molar-refractivity contribution is 5.81. The molecule has 0 spiro atoms. The predicted octanol–water partition coefficient (Wildman–Crippen LogP) is -0.435. The number of likely N-dealkylation sites (N-methyl/N-ethyl adjacent to an activating group) is 2. The third-order valence-corrected chi connectivity index (χ3v) is 3.32. The average molecular weight is 281 g/mol. The van der Waals surface area contributed by atoms with Crippen molar-refractivity contribution in [2.24, 2.45) is 0 Å². The van der Waals surface area contributed by atoms with Crippen LogP contribution in [0.3, 0.4) is 0 Å². The van der Waals surface area contributed by atoms with Gasteiger partial charge in [0.25, 0.3) is 0 Å². The van der Waals surface area contributed by atoms with Gasteiger partial charge in [-0.05, 0) is 40.8 Å². The van der Waals surface area contributed by atoms with Crippen molar-refractivity contribution in [2.45, 2.75) is 45.3 Å². The molecule has 1 aromatic rings. The van der Waals surface area contributed by atoms with Crippen LogP contribution in [0.2, 0.25) is 0 Å². The summed E-state index contributed by atoms with van der Waals surface area (Å²) >= 11 is 0. The summed E-state index contributed by atoms with van der Waals surface area (Å²) < 4.78 is 1.65. The molecule has 112 valence electrons. The molecule has 0 bridgehead atoms. The van der Waals surface area contributed by atoms with E-state index >= 15 is 0 Å². The van der Waals surface area contributed by atoms with E-state index in [1.807, 2.05) is 6.20 Å². The number of ketones is 2. The molecule has 7 nitrogen and oxygen atoms in total. The van der Waals surface area contributed by atoms with Gasteiger partial charge < -0.3 is 10.6 Å². The minimum atomic E-state index is -0.258. The highest BCUT2D eigenvalue weighted by Gasteiger charge is 2.15. The lowest BCUT2D eigenvalue weighted by atomic mass is 10.1. The summed E-state index contributed by atoms with van der Waals surface area (Å²) in [6.45, 7) is 3.58. The van der Waals surface area contributed by atoms with Gasteiger partial charge in [-0.2, -0.15) is 0 Å². The van der Waals surface area contributed by atoms with Crippen molar-refractivity contribution in [2.75, 3.05) is 14.1 Å². The normalized spacial score (nSPS) is 14.0. The summed E-state index contributed by atoms with van der Waals surface area (Å²) in [5, 5.41) is 14.0. The fraction of sp³-hybridized carbons (Fsp3) is 0.692. The van der Waals surface area contributed by atoms with Gasteiger partial charge in [0.05, 0.1) is 24.3 Å². The van der Waals surface area contributed by atoms with Crippen molar-refractivity contribution in [3.05, 3.63) is 11.9 Å². The molecular weight excluding hydrogens is 258 g/mol. The van der Waals surface area contributed by atoms with Crippen LogP contribution in [-0.2, 0) is 22.6 Å². The Labute approximate surface area is 119 Å². The van der Waals surface area contributed by atoms with Gasteiger partial charge in [0.15, 0.2) is 0 Å². The topological polar surface area (TPSA) is 88.9 Å². The molecule has 0 fully saturated rings. The lowest BCUT2D eigenvalue weighted by Crippen LogP contribution is -2.36. The maximum absolute atomic E-state index is 11.3. The first kappa shape index (κ1) is 16.5. The Kier molecular flexibility index (Phi) is 6.47. The molecule has 2 atom stereocenters. The zero-order valence-electron chi connectivity index (χ0n) is 12.5. The van der Waals surface area contributed by atoms with E-state index in [0.717, 1.165) is 5.69 Å². The van der Waals surface area contributed by atoms with Crippen LogP contribution in [-0.4, -0.2) is 52.7 Å². The molecule has 0 aliphatic carbocycles. The van der Waals surface area contributed by atoms with E-state index < -0.39 is 0 Å². The Morgan fingerprint density at radius 3 is 2.30 bits per heavy atom. The quantitative estimate of drug-likeness (QED) is 0.638. The second kappa shape index (κ2) is 7.86. The summed E-state index contributed by atoms with van der Waals surface area (Å²) in [4.78, 5) is 22.7. The lowest BCUT2D eigenvalue weighted by Gasteiger charge is -2.11. The molecule has 2 unspecified atom stereocenters. The predicted molar refractivity (Wildman–Crippen MR) is 75.4 cm³/mol. The number of rotatable bonds is 9. The Morgan fingerprint density at radius 2 is 1.80 bits per heavy atom. The fourth-order valence-electron chi connectivity index (χ4n) is 2.00. The standard InChI is InChI=1S/C13H23N5O2/c1-9(19)12(14-3)6-5-11-7-18(17-16-11)8-13(15-4)10(2)20/h7,12-15H,5-6,8H2,1-4H3. The van der Waals surface area contributed by atoms with Gasteiger partial charge in [0.1, 0.15) is 11.6 Å². The molecule has 0 aliphatic heterocycles. The number of nitrogens with zero attached hydrogens (tertiary/aromatic N) is 3. The first-order valence-corrected chi connectivity index (χ1v) is 6.72. The fourth-order valence-corrected chi connectivity index (χ4v) is 2.00. The first-order chi connectivity index (χ1) is 9.47. The SMILES string of the molecule is CNC(CCc1cn(CC(NC)C(C)=O)nn1)C(C)=O. The number of hydrogen-bond acceptors (Lipinski definition) is 6. The van der Waals surface area contributed by atoms with Crippen molar-refractivity contribution in [3.63, 3.8) is 0 Å². The number of aromatic nitrogens is 3. The van der Waals surface area contributed by atoms with Gasteiger partial charge >= 0.3 is 0 Å². The highest BCUT2D eigenvalue weighted by atomic mass is 16.1. The Hall–Kier alpha value is -1.60. The Bertz CT molecular complexity index is 457. The number of nitrogens with one attached hydrogen (secondary N) is 2. The van der Waals surface area contributed by atoms with E-state index in [1.54, 1.807) is 32.6 Å². The van der Waals surface area contributed by atoms with Crippen LogP contribution in [0.25, 0.3) is 0 Å². The molecule has 1 aromatic heterocycles. The smallest absolute Gasteiger partial charge is 0.148 e. The Morgan fingerprint density at radius 1 is 1.20 bits per heavy atom. The van der Waals surface area contributed by atoms with Crippen molar-refractivity contribution in [1.29, 1.82) is 0 Å². The molecule has 2 N–H and O–H groups in total. The second-order valence-electron chi connectivity index (χ2n) is 4.87. The molecule has 0 saturated carbocycles. The number of aryl methyl sites for hydroxylation is 1. The van der Waals surface area contributed by atoms with Crippen LogP contribution in [0.4, 0.5) is 0 Å². The van der Waals surface area contributed by atoms with Gasteiger partial charge in [-0.15, -0.1) is 5.10 Å². The van der Waals surface area contributed by atoms with Crippen LogP contribution in [0, 0.1) is 0 Å². The zero-order valence-corrected chi connectivity index (χ0v) is 12.5. The Balaban J connectivity index is 2.55. The van der Waals surface area contributed by atoms with Crippen LogP contribution >= 0.6 is 0 Å². The van der Waals surface area contributed by atoms with Gasteiger partial charge in [-0.3, -0.25) is 14.3 Å². The number of hydrogen-bond donors (Lipinski definition) is 2. The summed E-state index contributed by atoms with van der Waals surface area (Å²) in [7, 11) is 3.52. The third kappa shape index (κ3) is 4.82. The van der Waals surface area contributed by atoms with Crippen molar-refractivity contribution < 1.29 is 9.59 Å². The summed E-state index contributed by atoms with van der Waals surface area (Å²) in [6, 6.07) is -0.408. The highest BCUT2D eigenvalue weighted by Crippen LogP contribution is 2.03. The van der Waals surface area contributed by atoms with E-state index in [1.165, 1.54) is 0 Å². The molecule has 0 radical (unpaired) electrons. The summed E-state index contributed by atoms with van der Waals surface area (Å²) in [6.07, 6.45) is 3.18. The van der Waals surface area contributed by atoms with Crippen molar-refractivity contribution >= 4 is 11.6 Å². The van der Waals surface area contributed by atoms with Crippen LogP contribution in [0.15, 0.2) is 6.20 Å². The molecule has 0 saturated heterocycles.